The molecule has 164 valence electrons. The number of hydrogen-bond acceptors (Lipinski definition) is 4. The molecule has 0 saturated carbocycles. The highest BCUT2D eigenvalue weighted by Crippen LogP contribution is 2.32. The zero-order valence-corrected chi connectivity index (χ0v) is 17.2. The summed E-state index contributed by atoms with van der Waals surface area (Å²) in [6.45, 7) is 1.78. The number of fused-ring (bicyclic) bond motifs is 1. The molecule has 1 amide bonds. The number of aromatic nitrogens is 3. The lowest BCUT2D eigenvalue weighted by Crippen LogP contribution is -2.27. The van der Waals surface area contributed by atoms with E-state index in [2.05, 4.69) is 15.4 Å². The molecule has 0 aliphatic heterocycles. The van der Waals surface area contributed by atoms with Crippen LogP contribution in [0.3, 0.4) is 0 Å². The molecule has 6 nitrogen and oxygen atoms in total. The van der Waals surface area contributed by atoms with E-state index in [0.717, 1.165) is 11.6 Å². The molecule has 1 N–H and O–H groups in total. The predicted octanol–water partition coefficient (Wildman–Crippen LogP) is 4.91. The Bertz CT molecular complexity index is 1250. The molecule has 2 aromatic heterocycles. The van der Waals surface area contributed by atoms with Gasteiger partial charge in [-0.25, -0.2) is 9.50 Å². The van der Waals surface area contributed by atoms with E-state index >= 15 is 0 Å². The minimum Gasteiger partial charge on any atom is -0.497 e. The maximum Gasteiger partial charge on any atom is 0.433 e. The summed E-state index contributed by atoms with van der Waals surface area (Å²) >= 11 is 0. The van der Waals surface area contributed by atoms with Crippen LogP contribution in [0.1, 0.15) is 34.7 Å². The Hall–Kier alpha value is -3.88. The number of benzene rings is 2. The molecule has 0 aliphatic rings. The number of nitrogens with one attached hydrogen (secondary N) is 1. The van der Waals surface area contributed by atoms with Crippen molar-refractivity contribution in [2.75, 3.05) is 7.11 Å². The van der Waals surface area contributed by atoms with E-state index in [1.54, 1.807) is 31.2 Å². The van der Waals surface area contributed by atoms with Crippen LogP contribution in [-0.4, -0.2) is 27.6 Å². The third-order valence-corrected chi connectivity index (χ3v) is 4.98. The zero-order chi connectivity index (χ0) is 22.9. The highest BCUT2D eigenvalue weighted by Gasteiger charge is 2.35. The summed E-state index contributed by atoms with van der Waals surface area (Å²) in [4.78, 5) is 17.0. The number of halogens is 3. The monoisotopic (exact) mass is 440 g/mol. The lowest BCUT2D eigenvalue weighted by Gasteiger charge is -2.13. The molecule has 2 heterocycles. The van der Waals surface area contributed by atoms with Crippen LogP contribution in [0.2, 0.25) is 0 Å². The number of hydrogen-bond donors (Lipinski definition) is 1. The van der Waals surface area contributed by atoms with Gasteiger partial charge in [-0.2, -0.15) is 18.3 Å². The summed E-state index contributed by atoms with van der Waals surface area (Å²) in [5.74, 6) is -0.0207. The minimum atomic E-state index is -4.69. The van der Waals surface area contributed by atoms with E-state index < -0.39 is 17.8 Å². The summed E-state index contributed by atoms with van der Waals surface area (Å²) in [7, 11) is 1.50. The first kappa shape index (κ1) is 21.4. The van der Waals surface area contributed by atoms with Crippen molar-refractivity contribution in [2.45, 2.75) is 19.1 Å². The number of carbonyl (C=O) groups is 1. The fourth-order valence-corrected chi connectivity index (χ4v) is 3.29. The smallest absolute Gasteiger partial charge is 0.433 e. The lowest BCUT2D eigenvalue weighted by molar-refractivity contribution is -0.142. The molecule has 32 heavy (non-hydrogen) atoms. The molecule has 1 atom stereocenters. The van der Waals surface area contributed by atoms with Gasteiger partial charge in [0.1, 0.15) is 5.75 Å². The van der Waals surface area contributed by atoms with Gasteiger partial charge < -0.3 is 10.1 Å². The molecule has 9 heteroatoms. The number of carbonyl (C=O) groups excluding carboxylic acids is 1. The Morgan fingerprint density at radius 2 is 1.75 bits per heavy atom. The number of alkyl halides is 3. The van der Waals surface area contributed by atoms with Crippen molar-refractivity contribution >= 4 is 11.6 Å². The second kappa shape index (κ2) is 8.33. The van der Waals surface area contributed by atoms with Crippen LogP contribution in [0.5, 0.6) is 5.75 Å². The maximum absolute atomic E-state index is 13.8. The van der Waals surface area contributed by atoms with Crippen LogP contribution in [0.25, 0.3) is 16.9 Å². The van der Waals surface area contributed by atoms with Crippen LogP contribution in [-0.2, 0) is 6.18 Å². The fourth-order valence-electron chi connectivity index (χ4n) is 3.29. The van der Waals surface area contributed by atoms with Gasteiger partial charge in [0.2, 0.25) is 0 Å². The third kappa shape index (κ3) is 4.27. The van der Waals surface area contributed by atoms with Crippen LogP contribution in [0.15, 0.2) is 66.7 Å². The summed E-state index contributed by atoms with van der Waals surface area (Å²) in [5, 5.41) is 6.64. The summed E-state index contributed by atoms with van der Waals surface area (Å²) in [6.07, 6.45) is -4.69. The molecular formula is C23H19F3N4O2. The Kier molecular flexibility index (Phi) is 5.56. The zero-order valence-electron chi connectivity index (χ0n) is 17.2. The molecule has 2 aromatic carbocycles. The van der Waals surface area contributed by atoms with Gasteiger partial charge >= 0.3 is 6.18 Å². The van der Waals surface area contributed by atoms with Crippen LogP contribution in [0, 0.1) is 0 Å². The van der Waals surface area contributed by atoms with Gasteiger partial charge in [-0.1, -0.05) is 30.3 Å². The third-order valence-electron chi connectivity index (χ3n) is 4.98. The lowest BCUT2D eigenvalue weighted by atomic mass is 10.1. The first-order valence-electron chi connectivity index (χ1n) is 9.74. The Morgan fingerprint density at radius 3 is 2.38 bits per heavy atom. The van der Waals surface area contributed by atoms with Crippen LogP contribution < -0.4 is 10.1 Å². The van der Waals surface area contributed by atoms with E-state index in [4.69, 9.17) is 4.74 Å². The van der Waals surface area contributed by atoms with Gasteiger partial charge in [0.15, 0.2) is 17.0 Å². The molecule has 0 fully saturated rings. The molecule has 0 spiro atoms. The first-order valence-corrected chi connectivity index (χ1v) is 9.74. The number of rotatable bonds is 5. The van der Waals surface area contributed by atoms with Crippen molar-refractivity contribution in [3.63, 3.8) is 0 Å². The van der Waals surface area contributed by atoms with Crippen molar-refractivity contribution in [3.8, 4) is 17.0 Å². The van der Waals surface area contributed by atoms with Crippen molar-refractivity contribution in [1.29, 1.82) is 0 Å². The van der Waals surface area contributed by atoms with Gasteiger partial charge in [0.25, 0.3) is 5.91 Å². The predicted molar refractivity (Wildman–Crippen MR) is 112 cm³/mol. The van der Waals surface area contributed by atoms with Crippen molar-refractivity contribution in [3.05, 3.63) is 83.7 Å². The molecule has 4 aromatic rings. The summed E-state index contributed by atoms with van der Waals surface area (Å²) < 4.78 is 47.0. The van der Waals surface area contributed by atoms with Gasteiger partial charge in [0.05, 0.1) is 18.8 Å². The van der Waals surface area contributed by atoms with E-state index in [0.29, 0.717) is 15.8 Å². The highest BCUT2D eigenvalue weighted by atomic mass is 19.4. The quantitative estimate of drug-likeness (QED) is 0.479. The molecule has 0 bridgehead atoms. The molecule has 0 radical (unpaired) electrons. The van der Waals surface area contributed by atoms with Gasteiger partial charge in [0, 0.05) is 11.6 Å². The van der Waals surface area contributed by atoms with Gasteiger partial charge in [-0.15, -0.1) is 0 Å². The summed E-state index contributed by atoms with van der Waals surface area (Å²) in [5.41, 5.74) is 0.186. The average molecular weight is 440 g/mol. The highest BCUT2D eigenvalue weighted by molar-refractivity contribution is 5.93. The maximum atomic E-state index is 13.8. The van der Waals surface area contributed by atoms with Gasteiger partial charge in [-0.3, -0.25) is 4.79 Å². The SMILES string of the molecule is COc1ccc(-c2cc(C(F)(F)F)n3nc(C(=O)N[C@@H](C)c4ccccc4)cc3n2)cc1. The number of ether oxygens (including phenoxy) is 1. The van der Waals surface area contributed by atoms with E-state index in [1.165, 1.54) is 13.2 Å². The minimum absolute atomic E-state index is 0.0804. The number of methoxy groups -OCH3 is 1. The number of amides is 1. The molecule has 0 unspecified atom stereocenters. The fraction of sp³-hybridized carbons (Fsp3) is 0.174. The second-order valence-corrected chi connectivity index (χ2v) is 7.16. The van der Waals surface area contributed by atoms with E-state index in [9.17, 15) is 18.0 Å². The van der Waals surface area contributed by atoms with Gasteiger partial charge in [-0.05, 0) is 42.8 Å². The largest absolute Gasteiger partial charge is 0.497 e. The molecule has 0 aliphatic carbocycles. The van der Waals surface area contributed by atoms with Crippen LogP contribution in [0.4, 0.5) is 13.2 Å². The van der Waals surface area contributed by atoms with E-state index in [-0.39, 0.29) is 23.1 Å². The average Bonchev–Trinajstić information content (AvgIpc) is 3.22. The van der Waals surface area contributed by atoms with Crippen molar-refractivity contribution < 1.29 is 22.7 Å². The first-order chi connectivity index (χ1) is 15.3. The van der Waals surface area contributed by atoms with Crippen LogP contribution >= 0.6 is 0 Å². The molecule has 4 rings (SSSR count). The Balaban J connectivity index is 1.72. The Labute approximate surface area is 181 Å². The topological polar surface area (TPSA) is 68.5 Å². The molecule has 0 saturated heterocycles. The van der Waals surface area contributed by atoms with Crippen molar-refractivity contribution in [2.24, 2.45) is 0 Å². The normalized spacial score (nSPS) is 12.5. The standard InChI is InChI=1S/C23H19F3N4O2/c1-14(15-6-4-3-5-7-15)27-22(31)19-13-21-28-18(16-8-10-17(32-2)11-9-16)12-20(23(24,25)26)30(21)29-19/h3-14H,1-2H3,(H,27,31)/t14-/m0/s1. The summed E-state index contributed by atoms with van der Waals surface area (Å²) in [6, 6.07) is 17.5. The van der Waals surface area contributed by atoms with E-state index in [1.807, 2.05) is 30.3 Å². The second-order valence-electron chi connectivity index (χ2n) is 7.16. The van der Waals surface area contributed by atoms with Crippen molar-refractivity contribution in [1.82, 2.24) is 19.9 Å². The molecular weight excluding hydrogens is 421 g/mol. The number of nitrogens with zero attached hydrogens (tertiary/aromatic N) is 3. The Morgan fingerprint density at radius 1 is 1.06 bits per heavy atom.